The lowest BCUT2D eigenvalue weighted by Crippen LogP contribution is -2.21. The Morgan fingerprint density at radius 3 is 2.79 bits per heavy atom. The van der Waals surface area contributed by atoms with Crippen molar-refractivity contribution in [2.75, 3.05) is 30.9 Å². The van der Waals surface area contributed by atoms with Gasteiger partial charge in [0.1, 0.15) is 0 Å². The maximum Gasteiger partial charge on any atom is 0.236 e. The van der Waals surface area contributed by atoms with Crippen LogP contribution < -0.4 is 16.0 Å². The van der Waals surface area contributed by atoms with Gasteiger partial charge in [0.05, 0.1) is 6.54 Å². The monoisotopic (exact) mass is 193 g/mol. The first-order chi connectivity index (χ1) is 6.59. The highest BCUT2D eigenvalue weighted by Gasteiger charge is 1.98. The molecule has 0 radical (unpaired) electrons. The summed E-state index contributed by atoms with van der Waals surface area (Å²) in [5.74, 6) is -0.361. The maximum atomic E-state index is 10.5. The van der Waals surface area contributed by atoms with E-state index in [4.69, 9.17) is 5.73 Å². The van der Waals surface area contributed by atoms with E-state index in [1.54, 1.807) is 0 Å². The number of anilines is 2. The number of primary amides is 1. The Balaban J connectivity index is 2.68. The van der Waals surface area contributed by atoms with Crippen LogP contribution in [0.4, 0.5) is 11.4 Å². The number of nitrogens with two attached hydrogens (primary N) is 1. The summed E-state index contributed by atoms with van der Waals surface area (Å²) >= 11 is 0. The zero-order valence-electron chi connectivity index (χ0n) is 8.45. The number of carbonyl (C=O) groups is 1. The highest BCUT2D eigenvalue weighted by molar-refractivity contribution is 5.79. The number of nitrogens with zero attached hydrogens (tertiary/aromatic N) is 1. The molecule has 14 heavy (non-hydrogen) atoms. The predicted molar refractivity (Wildman–Crippen MR) is 58.5 cm³/mol. The molecule has 0 atom stereocenters. The van der Waals surface area contributed by atoms with Gasteiger partial charge in [-0.05, 0) is 18.2 Å². The minimum atomic E-state index is -0.361. The average Bonchev–Trinajstić information content (AvgIpc) is 2.15. The standard InChI is InChI=1S/C10H15N3O/c1-13(2)9-5-3-4-8(6-9)12-7-10(11)14/h3-6,12H,7H2,1-2H3,(H2,11,14). The molecule has 0 saturated carbocycles. The third-order valence-electron chi connectivity index (χ3n) is 1.83. The second-order valence-electron chi connectivity index (χ2n) is 3.26. The molecule has 0 aromatic heterocycles. The molecule has 0 heterocycles. The number of carbonyl (C=O) groups excluding carboxylic acids is 1. The molecule has 76 valence electrons. The van der Waals surface area contributed by atoms with Gasteiger partial charge in [-0.15, -0.1) is 0 Å². The van der Waals surface area contributed by atoms with Gasteiger partial charge >= 0.3 is 0 Å². The number of amides is 1. The number of nitrogens with one attached hydrogen (secondary N) is 1. The van der Waals surface area contributed by atoms with Crippen molar-refractivity contribution in [1.82, 2.24) is 0 Å². The van der Waals surface area contributed by atoms with Crippen LogP contribution in [0.2, 0.25) is 0 Å². The Bertz CT molecular complexity index is 323. The summed E-state index contributed by atoms with van der Waals surface area (Å²) in [5.41, 5.74) is 7.01. The quantitative estimate of drug-likeness (QED) is 0.738. The van der Waals surface area contributed by atoms with Crippen molar-refractivity contribution in [2.24, 2.45) is 5.73 Å². The van der Waals surface area contributed by atoms with E-state index in [0.717, 1.165) is 11.4 Å². The summed E-state index contributed by atoms with van der Waals surface area (Å²) in [6, 6.07) is 7.78. The fraction of sp³-hybridized carbons (Fsp3) is 0.300. The second kappa shape index (κ2) is 4.50. The Hall–Kier alpha value is -1.71. The fourth-order valence-electron chi connectivity index (χ4n) is 1.08. The molecule has 3 N–H and O–H groups in total. The minimum absolute atomic E-state index is 0.164. The van der Waals surface area contributed by atoms with E-state index in [0.29, 0.717) is 0 Å². The fourth-order valence-corrected chi connectivity index (χ4v) is 1.08. The molecule has 0 bridgehead atoms. The zero-order chi connectivity index (χ0) is 10.6. The van der Waals surface area contributed by atoms with Crippen molar-refractivity contribution in [3.8, 4) is 0 Å². The van der Waals surface area contributed by atoms with Crippen LogP contribution in [0, 0.1) is 0 Å². The first-order valence-electron chi connectivity index (χ1n) is 4.39. The van der Waals surface area contributed by atoms with E-state index >= 15 is 0 Å². The van der Waals surface area contributed by atoms with E-state index < -0.39 is 0 Å². The Labute approximate surface area is 83.7 Å². The topological polar surface area (TPSA) is 58.4 Å². The number of hydrogen-bond donors (Lipinski definition) is 2. The summed E-state index contributed by atoms with van der Waals surface area (Å²) in [7, 11) is 3.93. The molecule has 1 aromatic carbocycles. The van der Waals surface area contributed by atoms with Gasteiger partial charge in [-0.25, -0.2) is 0 Å². The lowest BCUT2D eigenvalue weighted by atomic mass is 10.2. The van der Waals surface area contributed by atoms with Gasteiger partial charge in [0.25, 0.3) is 0 Å². The minimum Gasteiger partial charge on any atom is -0.378 e. The first-order valence-corrected chi connectivity index (χ1v) is 4.39. The summed E-state index contributed by atoms with van der Waals surface area (Å²) in [4.78, 5) is 12.5. The summed E-state index contributed by atoms with van der Waals surface area (Å²) < 4.78 is 0. The molecule has 0 fully saturated rings. The highest BCUT2D eigenvalue weighted by atomic mass is 16.1. The third-order valence-corrected chi connectivity index (χ3v) is 1.83. The molecule has 0 unspecified atom stereocenters. The molecule has 4 nitrogen and oxygen atoms in total. The number of benzene rings is 1. The van der Waals surface area contributed by atoms with E-state index in [-0.39, 0.29) is 12.5 Å². The van der Waals surface area contributed by atoms with Crippen LogP contribution >= 0.6 is 0 Å². The van der Waals surface area contributed by atoms with Crippen LogP contribution in [0.15, 0.2) is 24.3 Å². The van der Waals surface area contributed by atoms with Crippen molar-refractivity contribution in [2.45, 2.75) is 0 Å². The van der Waals surface area contributed by atoms with Gasteiger partial charge < -0.3 is 16.0 Å². The van der Waals surface area contributed by atoms with Crippen LogP contribution in [0.25, 0.3) is 0 Å². The van der Waals surface area contributed by atoms with E-state index in [9.17, 15) is 4.79 Å². The first kappa shape index (κ1) is 10.4. The molecule has 1 rings (SSSR count). The van der Waals surface area contributed by atoms with Gasteiger partial charge in [-0.2, -0.15) is 0 Å². The van der Waals surface area contributed by atoms with Crippen LogP contribution in [-0.4, -0.2) is 26.5 Å². The molecule has 0 spiro atoms. The van der Waals surface area contributed by atoms with Crippen LogP contribution in [0.3, 0.4) is 0 Å². The van der Waals surface area contributed by atoms with Crippen molar-refractivity contribution in [3.05, 3.63) is 24.3 Å². The van der Waals surface area contributed by atoms with Gasteiger partial charge in [0.15, 0.2) is 0 Å². The Kier molecular flexibility index (Phi) is 3.34. The molecule has 0 aliphatic carbocycles. The Morgan fingerprint density at radius 1 is 1.50 bits per heavy atom. The molecule has 0 saturated heterocycles. The SMILES string of the molecule is CN(C)c1cccc(NCC(N)=O)c1. The normalized spacial score (nSPS) is 9.57. The summed E-state index contributed by atoms with van der Waals surface area (Å²) in [5, 5.41) is 2.94. The van der Waals surface area contributed by atoms with Gasteiger partial charge in [-0.3, -0.25) is 4.79 Å². The molecule has 1 amide bonds. The zero-order valence-corrected chi connectivity index (χ0v) is 8.45. The second-order valence-corrected chi connectivity index (χ2v) is 3.26. The lowest BCUT2D eigenvalue weighted by molar-refractivity contribution is -0.116. The van der Waals surface area contributed by atoms with Crippen molar-refractivity contribution >= 4 is 17.3 Å². The van der Waals surface area contributed by atoms with E-state index in [2.05, 4.69) is 5.32 Å². The highest BCUT2D eigenvalue weighted by Crippen LogP contribution is 2.16. The average molecular weight is 193 g/mol. The maximum absolute atomic E-state index is 10.5. The van der Waals surface area contributed by atoms with Crippen molar-refractivity contribution in [3.63, 3.8) is 0 Å². The molecule has 0 aliphatic rings. The molecule has 4 heteroatoms. The van der Waals surface area contributed by atoms with Gasteiger partial charge in [-0.1, -0.05) is 6.07 Å². The van der Waals surface area contributed by atoms with Crippen LogP contribution in [0.5, 0.6) is 0 Å². The van der Waals surface area contributed by atoms with Crippen LogP contribution in [-0.2, 0) is 4.79 Å². The summed E-state index contributed by atoms with van der Waals surface area (Å²) in [6.07, 6.45) is 0. The van der Waals surface area contributed by atoms with E-state index in [1.807, 2.05) is 43.3 Å². The number of hydrogen-bond acceptors (Lipinski definition) is 3. The van der Waals surface area contributed by atoms with Crippen molar-refractivity contribution in [1.29, 1.82) is 0 Å². The Morgan fingerprint density at radius 2 is 2.21 bits per heavy atom. The molecular formula is C10H15N3O. The van der Waals surface area contributed by atoms with Gasteiger partial charge in [0, 0.05) is 25.5 Å². The molecule has 1 aromatic rings. The largest absolute Gasteiger partial charge is 0.378 e. The molecule has 0 aliphatic heterocycles. The number of rotatable bonds is 4. The van der Waals surface area contributed by atoms with Crippen LogP contribution in [0.1, 0.15) is 0 Å². The smallest absolute Gasteiger partial charge is 0.236 e. The molecular weight excluding hydrogens is 178 g/mol. The third kappa shape index (κ3) is 2.97. The lowest BCUT2D eigenvalue weighted by Gasteiger charge is -2.13. The summed E-state index contributed by atoms with van der Waals surface area (Å²) in [6.45, 7) is 0.164. The van der Waals surface area contributed by atoms with Gasteiger partial charge in [0.2, 0.25) is 5.91 Å². The van der Waals surface area contributed by atoms with E-state index in [1.165, 1.54) is 0 Å². The van der Waals surface area contributed by atoms with Crippen molar-refractivity contribution < 1.29 is 4.79 Å². The predicted octanol–water partition coefficient (Wildman–Crippen LogP) is 0.650.